The minimum absolute atomic E-state index is 0.0318. The molecule has 4 aromatic rings. The molecule has 0 unspecified atom stereocenters. The first kappa shape index (κ1) is 19.6. The van der Waals surface area contributed by atoms with Gasteiger partial charge in [-0.25, -0.2) is 23.7 Å². The normalized spacial score (nSPS) is 11.8. The first-order valence-electron chi connectivity index (χ1n) is 8.98. The molecule has 9 heteroatoms. The number of rotatable bonds is 4. The lowest BCUT2D eigenvalue weighted by molar-refractivity contribution is 0.0746. The number of aromatic nitrogens is 4. The van der Waals surface area contributed by atoms with Gasteiger partial charge in [-0.3, -0.25) is 9.20 Å². The van der Waals surface area contributed by atoms with Gasteiger partial charge in [0.15, 0.2) is 17.3 Å². The highest BCUT2D eigenvalue weighted by molar-refractivity contribution is 5.99. The standard InChI is InChI=1S/C21H17F2N5O2/c1-21(2,30)14-6-8-28-16(10-26-20(28)17(14)23)15-5-7-25-19(27-15)12-4-3-11(22)9-13(12)18(24)29/h3-10,30H,1-2H3,(H2,24,29). The molecule has 0 fully saturated rings. The fourth-order valence-corrected chi connectivity index (χ4v) is 3.23. The van der Waals surface area contributed by atoms with E-state index in [1.807, 2.05) is 0 Å². The third kappa shape index (κ3) is 3.29. The van der Waals surface area contributed by atoms with Crippen LogP contribution in [-0.2, 0) is 5.60 Å². The summed E-state index contributed by atoms with van der Waals surface area (Å²) in [7, 11) is 0. The first-order chi connectivity index (χ1) is 14.2. The van der Waals surface area contributed by atoms with Crippen molar-refractivity contribution in [2.75, 3.05) is 0 Å². The molecule has 3 heterocycles. The van der Waals surface area contributed by atoms with Gasteiger partial charge in [-0.1, -0.05) is 0 Å². The highest BCUT2D eigenvalue weighted by atomic mass is 19.1. The monoisotopic (exact) mass is 409 g/mol. The highest BCUT2D eigenvalue weighted by Gasteiger charge is 2.24. The number of imidazole rings is 1. The number of primary amides is 1. The molecule has 0 saturated carbocycles. The zero-order chi connectivity index (χ0) is 21.6. The summed E-state index contributed by atoms with van der Waals surface area (Å²) in [5, 5.41) is 10.1. The van der Waals surface area contributed by atoms with Gasteiger partial charge in [-0.05, 0) is 44.2 Å². The van der Waals surface area contributed by atoms with Crippen molar-refractivity contribution in [2.24, 2.45) is 5.73 Å². The summed E-state index contributed by atoms with van der Waals surface area (Å²) < 4.78 is 29.9. The van der Waals surface area contributed by atoms with Gasteiger partial charge in [0.25, 0.3) is 0 Å². The largest absolute Gasteiger partial charge is 0.386 e. The third-order valence-electron chi connectivity index (χ3n) is 4.69. The van der Waals surface area contributed by atoms with Gasteiger partial charge in [0.05, 0.1) is 28.7 Å². The maximum absolute atomic E-state index is 14.9. The van der Waals surface area contributed by atoms with E-state index >= 15 is 0 Å². The predicted molar refractivity (Wildman–Crippen MR) is 105 cm³/mol. The summed E-state index contributed by atoms with van der Waals surface area (Å²) in [5.41, 5.74) is 5.24. The smallest absolute Gasteiger partial charge is 0.249 e. The van der Waals surface area contributed by atoms with E-state index in [1.165, 1.54) is 48.8 Å². The Labute approximate surface area is 169 Å². The number of hydrogen-bond acceptors (Lipinski definition) is 5. The van der Waals surface area contributed by atoms with Crippen molar-refractivity contribution in [3.63, 3.8) is 0 Å². The molecule has 152 valence electrons. The van der Waals surface area contributed by atoms with E-state index in [0.29, 0.717) is 11.4 Å². The lowest BCUT2D eigenvalue weighted by Gasteiger charge is -2.18. The van der Waals surface area contributed by atoms with Crippen molar-refractivity contribution in [1.82, 2.24) is 19.4 Å². The molecule has 0 atom stereocenters. The Morgan fingerprint density at radius 2 is 1.93 bits per heavy atom. The van der Waals surface area contributed by atoms with Crippen LogP contribution in [-0.4, -0.2) is 30.4 Å². The van der Waals surface area contributed by atoms with Crippen LogP contribution in [0.25, 0.3) is 28.4 Å². The molecular formula is C21H17F2N5O2. The van der Waals surface area contributed by atoms with Gasteiger partial charge >= 0.3 is 0 Å². The van der Waals surface area contributed by atoms with Crippen LogP contribution in [0.2, 0.25) is 0 Å². The van der Waals surface area contributed by atoms with Gasteiger partial charge in [0.2, 0.25) is 5.91 Å². The summed E-state index contributed by atoms with van der Waals surface area (Å²) in [6.45, 7) is 2.98. The fourth-order valence-electron chi connectivity index (χ4n) is 3.23. The van der Waals surface area contributed by atoms with Crippen LogP contribution >= 0.6 is 0 Å². The second-order valence-corrected chi connectivity index (χ2v) is 7.26. The Bertz CT molecular complexity index is 1290. The summed E-state index contributed by atoms with van der Waals surface area (Å²) in [5.74, 6) is -1.90. The van der Waals surface area contributed by atoms with Crippen molar-refractivity contribution in [3.8, 4) is 22.8 Å². The molecule has 0 aliphatic rings. The Balaban J connectivity index is 1.86. The number of carbonyl (C=O) groups is 1. The zero-order valence-electron chi connectivity index (χ0n) is 16.1. The minimum Gasteiger partial charge on any atom is -0.386 e. The maximum atomic E-state index is 14.9. The van der Waals surface area contributed by atoms with Crippen LogP contribution in [0.3, 0.4) is 0 Å². The van der Waals surface area contributed by atoms with E-state index in [-0.39, 0.29) is 28.2 Å². The van der Waals surface area contributed by atoms with Gasteiger partial charge in [-0.2, -0.15) is 0 Å². The number of fused-ring (bicyclic) bond motifs is 1. The van der Waals surface area contributed by atoms with E-state index in [9.17, 15) is 18.7 Å². The van der Waals surface area contributed by atoms with E-state index < -0.39 is 23.1 Å². The molecule has 7 nitrogen and oxygen atoms in total. The SMILES string of the molecule is CC(C)(O)c1ccn2c(-c3ccnc(-c4ccc(F)cc4C(N)=O)n3)cnc2c1F. The van der Waals surface area contributed by atoms with E-state index in [1.54, 1.807) is 12.3 Å². The number of carbonyl (C=O) groups excluding carboxylic acids is 1. The Hall–Kier alpha value is -3.72. The lowest BCUT2D eigenvalue weighted by atomic mass is 9.99. The predicted octanol–water partition coefficient (Wildman–Crippen LogP) is 3.06. The average Bonchev–Trinajstić information content (AvgIpc) is 3.12. The highest BCUT2D eigenvalue weighted by Crippen LogP contribution is 2.29. The molecule has 3 N–H and O–H groups in total. The van der Waals surface area contributed by atoms with Crippen molar-refractivity contribution in [3.05, 3.63) is 71.7 Å². The van der Waals surface area contributed by atoms with Crippen LogP contribution in [0, 0.1) is 11.6 Å². The molecular weight excluding hydrogens is 392 g/mol. The van der Waals surface area contributed by atoms with Gasteiger partial charge < -0.3 is 10.8 Å². The molecule has 0 aliphatic carbocycles. The molecule has 0 aliphatic heterocycles. The van der Waals surface area contributed by atoms with Crippen LogP contribution in [0.5, 0.6) is 0 Å². The average molecular weight is 409 g/mol. The molecule has 0 bridgehead atoms. The summed E-state index contributed by atoms with van der Waals surface area (Å²) in [6, 6.07) is 6.65. The van der Waals surface area contributed by atoms with Crippen molar-refractivity contribution >= 4 is 11.6 Å². The second-order valence-electron chi connectivity index (χ2n) is 7.26. The van der Waals surface area contributed by atoms with E-state index in [0.717, 1.165) is 6.07 Å². The van der Waals surface area contributed by atoms with Crippen molar-refractivity contribution in [1.29, 1.82) is 0 Å². The fraction of sp³-hybridized carbons (Fsp3) is 0.143. The molecule has 0 radical (unpaired) electrons. The zero-order valence-corrected chi connectivity index (χ0v) is 16.1. The van der Waals surface area contributed by atoms with Gasteiger partial charge in [-0.15, -0.1) is 0 Å². The van der Waals surface area contributed by atoms with E-state index in [4.69, 9.17) is 5.73 Å². The Kier molecular flexibility index (Phi) is 4.54. The Morgan fingerprint density at radius 1 is 1.17 bits per heavy atom. The summed E-state index contributed by atoms with van der Waals surface area (Å²) in [6.07, 6.45) is 4.49. The molecule has 3 aromatic heterocycles. The van der Waals surface area contributed by atoms with Crippen LogP contribution in [0.15, 0.2) is 48.9 Å². The number of hydrogen-bond donors (Lipinski definition) is 2. The van der Waals surface area contributed by atoms with Crippen LogP contribution < -0.4 is 5.73 Å². The van der Waals surface area contributed by atoms with Crippen molar-refractivity contribution in [2.45, 2.75) is 19.4 Å². The molecule has 1 aromatic carbocycles. The number of halogens is 2. The maximum Gasteiger partial charge on any atom is 0.249 e. The number of aliphatic hydroxyl groups is 1. The number of amides is 1. The second kappa shape index (κ2) is 6.96. The summed E-state index contributed by atoms with van der Waals surface area (Å²) in [4.78, 5) is 24.4. The molecule has 0 saturated heterocycles. The quantitative estimate of drug-likeness (QED) is 0.539. The van der Waals surface area contributed by atoms with Gasteiger partial charge in [0.1, 0.15) is 5.82 Å². The van der Waals surface area contributed by atoms with Gasteiger partial charge in [0, 0.05) is 23.5 Å². The minimum atomic E-state index is -1.37. The first-order valence-corrected chi connectivity index (χ1v) is 8.98. The topological polar surface area (TPSA) is 106 Å². The number of benzene rings is 1. The summed E-state index contributed by atoms with van der Waals surface area (Å²) >= 11 is 0. The number of pyridine rings is 1. The third-order valence-corrected chi connectivity index (χ3v) is 4.69. The van der Waals surface area contributed by atoms with E-state index in [2.05, 4.69) is 15.0 Å². The molecule has 30 heavy (non-hydrogen) atoms. The molecule has 4 rings (SSSR count). The lowest BCUT2D eigenvalue weighted by Crippen LogP contribution is -2.18. The molecule has 0 spiro atoms. The number of nitrogens with two attached hydrogens (primary N) is 1. The van der Waals surface area contributed by atoms with Crippen LogP contribution in [0.1, 0.15) is 29.8 Å². The Morgan fingerprint density at radius 3 is 2.63 bits per heavy atom. The van der Waals surface area contributed by atoms with Crippen molar-refractivity contribution < 1.29 is 18.7 Å². The molecule has 1 amide bonds. The number of nitrogens with zero attached hydrogens (tertiary/aromatic N) is 4. The van der Waals surface area contributed by atoms with Crippen LogP contribution in [0.4, 0.5) is 8.78 Å².